The number of thiocarbonyl (C=S) groups is 1. The molecule has 2 aromatic rings. The van der Waals surface area contributed by atoms with Crippen molar-refractivity contribution in [3.63, 3.8) is 0 Å². The number of benzene rings is 2. The molecule has 0 atom stereocenters. The number of ether oxygens (including phenoxy) is 1. The minimum absolute atomic E-state index is 0.0582. The van der Waals surface area contributed by atoms with Crippen molar-refractivity contribution in [1.82, 2.24) is 0 Å². The molecule has 3 N–H and O–H groups in total. The number of methoxy groups -OCH3 is 1. The number of hydrogen-bond donors (Lipinski definition) is 2. The molecule has 0 aliphatic rings. The van der Waals surface area contributed by atoms with Crippen molar-refractivity contribution < 1.29 is 13.9 Å². The van der Waals surface area contributed by atoms with Crippen LogP contribution in [0.15, 0.2) is 42.5 Å². The van der Waals surface area contributed by atoms with Crippen LogP contribution in [-0.4, -0.2) is 18.0 Å². The van der Waals surface area contributed by atoms with Gasteiger partial charge in [-0.15, -0.1) is 0 Å². The smallest absolute Gasteiger partial charge is 0.255 e. The van der Waals surface area contributed by atoms with Gasteiger partial charge in [0.05, 0.1) is 12.8 Å². The highest BCUT2D eigenvalue weighted by Crippen LogP contribution is 2.18. The second kappa shape index (κ2) is 6.32. The first-order valence-corrected chi connectivity index (χ1v) is 6.47. The Morgan fingerprint density at radius 3 is 2.62 bits per heavy atom. The fourth-order valence-corrected chi connectivity index (χ4v) is 1.86. The Bertz CT molecular complexity index is 704. The number of carbonyl (C=O) groups excluding carboxylic acids is 1. The van der Waals surface area contributed by atoms with E-state index < -0.39 is 11.7 Å². The molecule has 0 radical (unpaired) electrons. The molecule has 0 bridgehead atoms. The zero-order chi connectivity index (χ0) is 15.4. The summed E-state index contributed by atoms with van der Waals surface area (Å²) in [5.74, 6) is -0.487. The molecule has 0 spiro atoms. The van der Waals surface area contributed by atoms with Crippen LogP contribution in [0.2, 0.25) is 0 Å². The lowest BCUT2D eigenvalue weighted by atomic mass is 10.1. The fraction of sp³-hybridized carbons (Fsp3) is 0.0667. The van der Waals surface area contributed by atoms with Gasteiger partial charge in [0.25, 0.3) is 5.91 Å². The molecule has 2 rings (SSSR count). The Hall–Kier alpha value is -2.47. The van der Waals surface area contributed by atoms with Crippen LogP contribution in [0.4, 0.5) is 10.1 Å². The van der Waals surface area contributed by atoms with Gasteiger partial charge < -0.3 is 15.8 Å². The number of nitrogens with one attached hydrogen (secondary N) is 1. The molecule has 0 unspecified atom stereocenters. The standard InChI is InChI=1S/C15H13FN2O2S/c1-20-11-4-2-3-10(7-11)15(19)18-13-6-5-9(14(17)21)8-12(13)16/h2-8H,1H3,(H2,17,21)(H,18,19). The van der Waals surface area contributed by atoms with E-state index in [0.29, 0.717) is 16.9 Å². The quantitative estimate of drug-likeness (QED) is 0.853. The monoisotopic (exact) mass is 304 g/mol. The first kappa shape index (κ1) is 14.9. The Balaban J connectivity index is 2.21. The van der Waals surface area contributed by atoms with Crippen LogP contribution in [0.1, 0.15) is 15.9 Å². The molecule has 108 valence electrons. The predicted octanol–water partition coefficient (Wildman–Crippen LogP) is 2.72. The summed E-state index contributed by atoms with van der Waals surface area (Å²) in [6, 6.07) is 10.7. The predicted molar refractivity (Wildman–Crippen MR) is 83.2 cm³/mol. The molecule has 0 aromatic heterocycles. The lowest BCUT2D eigenvalue weighted by molar-refractivity contribution is 0.102. The molecule has 2 aromatic carbocycles. The zero-order valence-electron chi connectivity index (χ0n) is 11.2. The van der Waals surface area contributed by atoms with Gasteiger partial charge in [-0.2, -0.15) is 0 Å². The number of rotatable bonds is 4. The lowest BCUT2D eigenvalue weighted by Gasteiger charge is -2.08. The fourth-order valence-electron chi connectivity index (χ4n) is 1.73. The molecule has 4 nitrogen and oxygen atoms in total. The van der Waals surface area contributed by atoms with Gasteiger partial charge in [0.1, 0.15) is 16.6 Å². The maximum atomic E-state index is 13.9. The third-order valence-electron chi connectivity index (χ3n) is 2.83. The van der Waals surface area contributed by atoms with E-state index in [9.17, 15) is 9.18 Å². The zero-order valence-corrected chi connectivity index (χ0v) is 12.0. The lowest BCUT2D eigenvalue weighted by Crippen LogP contribution is -2.14. The summed E-state index contributed by atoms with van der Waals surface area (Å²) in [6.07, 6.45) is 0. The number of amides is 1. The highest BCUT2D eigenvalue weighted by molar-refractivity contribution is 7.80. The molecule has 0 fully saturated rings. The van der Waals surface area contributed by atoms with E-state index in [1.54, 1.807) is 30.3 Å². The van der Waals surface area contributed by atoms with Crippen molar-refractivity contribution in [2.75, 3.05) is 12.4 Å². The van der Waals surface area contributed by atoms with Crippen LogP contribution in [0.3, 0.4) is 0 Å². The molecule has 0 heterocycles. The third kappa shape index (κ3) is 3.55. The van der Waals surface area contributed by atoms with Crippen molar-refractivity contribution in [1.29, 1.82) is 0 Å². The third-order valence-corrected chi connectivity index (χ3v) is 3.07. The maximum absolute atomic E-state index is 13.9. The Morgan fingerprint density at radius 2 is 2.00 bits per heavy atom. The van der Waals surface area contributed by atoms with Gasteiger partial charge >= 0.3 is 0 Å². The molecule has 0 aliphatic carbocycles. The average molecular weight is 304 g/mol. The average Bonchev–Trinajstić information content (AvgIpc) is 2.49. The normalized spacial score (nSPS) is 10.0. The van der Waals surface area contributed by atoms with E-state index in [-0.39, 0.29) is 10.7 Å². The van der Waals surface area contributed by atoms with Gasteiger partial charge in [-0.1, -0.05) is 18.3 Å². The largest absolute Gasteiger partial charge is 0.497 e. The number of halogens is 1. The number of nitrogens with two attached hydrogens (primary N) is 1. The minimum atomic E-state index is -0.600. The molecule has 1 amide bonds. The SMILES string of the molecule is COc1cccc(C(=O)Nc2ccc(C(N)=S)cc2F)c1. The molecular weight excluding hydrogens is 291 g/mol. The number of anilines is 1. The molecule has 0 saturated heterocycles. The molecular formula is C15H13FN2O2S. The van der Waals surface area contributed by atoms with Gasteiger partial charge in [-0.25, -0.2) is 4.39 Å². The van der Waals surface area contributed by atoms with Gasteiger partial charge in [0, 0.05) is 11.1 Å². The van der Waals surface area contributed by atoms with Gasteiger partial charge in [0.15, 0.2) is 0 Å². The van der Waals surface area contributed by atoms with Crippen LogP contribution >= 0.6 is 12.2 Å². The van der Waals surface area contributed by atoms with E-state index in [1.165, 1.54) is 19.2 Å². The number of hydrogen-bond acceptors (Lipinski definition) is 3. The highest BCUT2D eigenvalue weighted by atomic mass is 32.1. The first-order chi connectivity index (χ1) is 10.0. The summed E-state index contributed by atoms with van der Waals surface area (Å²) < 4.78 is 18.9. The number of carbonyl (C=O) groups is 1. The molecule has 0 saturated carbocycles. The summed E-state index contributed by atoms with van der Waals surface area (Å²) in [4.78, 5) is 12.2. The Kier molecular flexibility index (Phi) is 4.49. The van der Waals surface area contributed by atoms with Gasteiger partial charge in [-0.3, -0.25) is 4.79 Å². The van der Waals surface area contributed by atoms with Crippen LogP contribution < -0.4 is 15.8 Å². The summed E-state index contributed by atoms with van der Waals surface area (Å²) in [7, 11) is 1.51. The van der Waals surface area contributed by atoms with Crippen LogP contribution in [0.5, 0.6) is 5.75 Å². The van der Waals surface area contributed by atoms with Crippen molar-refractivity contribution in [2.24, 2.45) is 5.73 Å². The molecule has 6 heteroatoms. The van der Waals surface area contributed by atoms with Crippen molar-refractivity contribution in [3.8, 4) is 5.75 Å². The Morgan fingerprint density at radius 1 is 1.24 bits per heavy atom. The molecule has 0 aliphatic heterocycles. The highest BCUT2D eigenvalue weighted by Gasteiger charge is 2.11. The van der Waals surface area contributed by atoms with Gasteiger partial charge in [-0.05, 0) is 36.4 Å². The van der Waals surface area contributed by atoms with E-state index >= 15 is 0 Å². The minimum Gasteiger partial charge on any atom is -0.497 e. The van der Waals surface area contributed by atoms with Crippen LogP contribution in [0, 0.1) is 5.82 Å². The summed E-state index contributed by atoms with van der Waals surface area (Å²) >= 11 is 4.77. The Labute approximate surface area is 126 Å². The van der Waals surface area contributed by atoms with Crippen molar-refractivity contribution in [3.05, 3.63) is 59.4 Å². The first-order valence-electron chi connectivity index (χ1n) is 6.06. The van der Waals surface area contributed by atoms with E-state index in [1.807, 2.05) is 0 Å². The van der Waals surface area contributed by atoms with E-state index in [4.69, 9.17) is 22.7 Å². The van der Waals surface area contributed by atoms with E-state index in [0.717, 1.165) is 0 Å². The summed E-state index contributed by atoms with van der Waals surface area (Å²) in [5, 5.41) is 2.49. The maximum Gasteiger partial charge on any atom is 0.255 e. The second-order valence-electron chi connectivity index (χ2n) is 4.24. The molecule has 21 heavy (non-hydrogen) atoms. The summed E-state index contributed by atoms with van der Waals surface area (Å²) in [5.41, 5.74) is 6.25. The van der Waals surface area contributed by atoms with Crippen LogP contribution in [-0.2, 0) is 0 Å². The topological polar surface area (TPSA) is 64.3 Å². The van der Waals surface area contributed by atoms with Gasteiger partial charge in [0.2, 0.25) is 0 Å². The summed E-state index contributed by atoms with van der Waals surface area (Å²) in [6.45, 7) is 0. The van der Waals surface area contributed by atoms with E-state index in [2.05, 4.69) is 5.32 Å². The van der Waals surface area contributed by atoms with Crippen molar-refractivity contribution >= 4 is 28.8 Å². The second-order valence-corrected chi connectivity index (χ2v) is 4.68. The van der Waals surface area contributed by atoms with Crippen LogP contribution in [0.25, 0.3) is 0 Å². The van der Waals surface area contributed by atoms with Crippen molar-refractivity contribution in [2.45, 2.75) is 0 Å².